The van der Waals surface area contributed by atoms with E-state index in [0.717, 1.165) is 36.6 Å². The fourth-order valence-corrected chi connectivity index (χ4v) is 2.11. The molecule has 1 N–H and O–H groups in total. The molecule has 2 heterocycles. The van der Waals surface area contributed by atoms with Gasteiger partial charge in [0.2, 0.25) is 0 Å². The molecule has 0 aromatic carbocycles. The number of hydrogen-bond donors (Lipinski definition) is 1. The summed E-state index contributed by atoms with van der Waals surface area (Å²) in [6.45, 7) is 6.20. The summed E-state index contributed by atoms with van der Waals surface area (Å²) < 4.78 is 0. The predicted octanol–water partition coefficient (Wildman–Crippen LogP) is 2.57. The van der Waals surface area contributed by atoms with Gasteiger partial charge in [-0.05, 0) is 20.3 Å². The topological polar surface area (TPSA) is 63.6 Å². The number of nitrogens with zero attached hydrogens (tertiary/aromatic N) is 4. The lowest BCUT2D eigenvalue weighted by Gasteiger charge is -2.16. The fraction of sp³-hybridized carbons (Fsp3) is 0.467. The van der Waals surface area contributed by atoms with Crippen LogP contribution >= 0.6 is 0 Å². The van der Waals surface area contributed by atoms with Crippen molar-refractivity contribution < 1.29 is 0 Å². The molecule has 2 aromatic rings. The smallest absolute Gasteiger partial charge is 0.133 e. The van der Waals surface area contributed by atoms with Crippen molar-refractivity contribution in [3.63, 3.8) is 0 Å². The van der Waals surface area contributed by atoms with E-state index in [4.69, 9.17) is 0 Å². The average molecular weight is 271 g/mol. The molecule has 1 atom stereocenters. The van der Waals surface area contributed by atoms with Gasteiger partial charge in [-0.3, -0.25) is 9.97 Å². The number of hydrogen-bond acceptors (Lipinski definition) is 5. The van der Waals surface area contributed by atoms with Crippen molar-refractivity contribution >= 4 is 5.82 Å². The lowest BCUT2D eigenvalue weighted by Crippen LogP contribution is -2.21. The summed E-state index contributed by atoms with van der Waals surface area (Å²) in [7, 11) is 0. The lowest BCUT2D eigenvalue weighted by molar-refractivity contribution is 0.752. The zero-order valence-electron chi connectivity index (χ0n) is 12.3. The Morgan fingerprint density at radius 2 is 2.05 bits per heavy atom. The summed E-state index contributed by atoms with van der Waals surface area (Å²) >= 11 is 0. The van der Waals surface area contributed by atoms with Crippen LogP contribution in [-0.4, -0.2) is 26.0 Å². The zero-order chi connectivity index (χ0) is 14.4. The highest BCUT2D eigenvalue weighted by atomic mass is 15.0. The molecule has 2 rings (SSSR count). The molecule has 0 amide bonds. The van der Waals surface area contributed by atoms with Crippen LogP contribution in [0.25, 0.3) is 0 Å². The summed E-state index contributed by atoms with van der Waals surface area (Å²) in [5.41, 5.74) is 2.15. The van der Waals surface area contributed by atoms with E-state index in [1.165, 1.54) is 5.56 Å². The van der Waals surface area contributed by atoms with Crippen molar-refractivity contribution in [3.8, 4) is 0 Å². The number of aryl methyl sites for hydroxylation is 2. The monoisotopic (exact) mass is 271 g/mol. The normalized spacial score (nSPS) is 12.2. The summed E-state index contributed by atoms with van der Waals surface area (Å²) in [4.78, 5) is 17.2. The highest BCUT2D eigenvalue weighted by Crippen LogP contribution is 2.15. The van der Waals surface area contributed by atoms with Gasteiger partial charge in [-0.1, -0.05) is 13.3 Å². The van der Waals surface area contributed by atoms with Crippen LogP contribution in [0.5, 0.6) is 0 Å². The van der Waals surface area contributed by atoms with E-state index in [0.29, 0.717) is 0 Å². The van der Waals surface area contributed by atoms with Crippen molar-refractivity contribution in [2.75, 3.05) is 5.32 Å². The van der Waals surface area contributed by atoms with Gasteiger partial charge in [0, 0.05) is 42.8 Å². The third-order valence-electron chi connectivity index (χ3n) is 3.02. The fourth-order valence-electron chi connectivity index (χ4n) is 2.11. The van der Waals surface area contributed by atoms with E-state index < -0.39 is 0 Å². The molecule has 0 saturated heterocycles. The highest BCUT2D eigenvalue weighted by Gasteiger charge is 2.10. The van der Waals surface area contributed by atoms with Gasteiger partial charge >= 0.3 is 0 Å². The third-order valence-corrected chi connectivity index (χ3v) is 3.02. The Hall–Kier alpha value is -2.04. The van der Waals surface area contributed by atoms with Gasteiger partial charge in [0.15, 0.2) is 0 Å². The highest BCUT2D eigenvalue weighted by molar-refractivity contribution is 5.44. The Labute approximate surface area is 119 Å². The van der Waals surface area contributed by atoms with Crippen molar-refractivity contribution in [2.24, 2.45) is 0 Å². The van der Waals surface area contributed by atoms with Crippen LogP contribution in [0, 0.1) is 6.92 Å². The molecule has 0 saturated carbocycles. The Morgan fingerprint density at radius 1 is 1.20 bits per heavy atom. The van der Waals surface area contributed by atoms with Crippen molar-refractivity contribution in [1.29, 1.82) is 0 Å². The number of rotatable bonds is 6. The molecular weight excluding hydrogens is 250 g/mol. The first-order valence-electron chi connectivity index (χ1n) is 7.03. The van der Waals surface area contributed by atoms with Gasteiger partial charge in [-0.2, -0.15) is 0 Å². The standard InChI is InChI=1S/C15H21N5/c1-4-5-13-9-18-12(3)20-15(13)19-11(2)8-14-10-16-6-7-17-14/h6-7,9-11H,4-5,8H2,1-3H3,(H,18,19,20)/t11-/m1/s1. The van der Waals surface area contributed by atoms with Gasteiger partial charge in [0.05, 0.1) is 5.69 Å². The average Bonchev–Trinajstić information content (AvgIpc) is 2.43. The van der Waals surface area contributed by atoms with E-state index in [-0.39, 0.29) is 6.04 Å². The van der Waals surface area contributed by atoms with Gasteiger partial charge in [-0.25, -0.2) is 9.97 Å². The van der Waals surface area contributed by atoms with E-state index in [1.807, 2.05) is 13.1 Å². The Morgan fingerprint density at radius 3 is 2.75 bits per heavy atom. The van der Waals surface area contributed by atoms with Crippen LogP contribution in [0.4, 0.5) is 5.82 Å². The first-order valence-corrected chi connectivity index (χ1v) is 7.03. The summed E-state index contributed by atoms with van der Waals surface area (Å²) in [6.07, 6.45) is 10.0. The molecule has 0 aliphatic heterocycles. The minimum Gasteiger partial charge on any atom is -0.367 e. The summed E-state index contributed by atoms with van der Waals surface area (Å²) in [5, 5.41) is 3.47. The molecule has 5 nitrogen and oxygen atoms in total. The largest absolute Gasteiger partial charge is 0.367 e. The SMILES string of the molecule is CCCc1cnc(C)nc1N[C@H](C)Cc1cnccn1. The van der Waals surface area contributed by atoms with Crippen LogP contribution in [0.3, 0.4) is 0 Å². The molecule has 0 fully saturated rings. The number of anilines is 1. The second-order valence-electron chi connectivity index (χ2n) is 4.99. The van der Waals surface area contributed by atoms with Crippen molar-refractivity contribution in [2.45, 2.75) is 46.1 Å². The molecule has 0 radical (unpaired) electrons. The molecule has 0 spiro atoms. The predicted molar refractivity (Wildman–Crippen MR) is 79.6 cm³/mol. The molecule has 0 aliphatic rings. The third kappa shape index (κ3) is 3.98. The molecule has 5 heteroatoms. The second kappa shape index (κ2) is 6.93. The molecule has 0 aliphatic carbocycles. The van der Waals surface area contributed by atoms with E-state index in [2.05, 4.69) is 39.1 Å². The minimum absolute atomic E-state index is 0.247. The molecule has 20 heavy (non-hydrogen) atoms. The molecular formula is C15H21N5. The van der Waals surface area contributed by atoms with Crippen LogP contribution in [0.15, 0.2) is 24.8 Å². The number of nitrogens with one attached hydrogen (secondary N) is 1. The van der Waals surface area contributed by atoms with Crippen LogP contribution < -0.4 is 5.32 Å². The van der Waals surface area contributed by atoms with Crippen LogP contribution in [-0.2, 0) is 12.8 Å². The molecule has 0 unspecified atom stereocenters. The Kier molecular flexibility index (Phi) is 4.98. The zero-order valence-corrected chi connectivity index (χ0v) is 12.3. The van der Waals surface area contributed by atoms with Gasteiger partial charge in [-0.15, -0.1) is 0 Å². The van der Waals surface area contributed by atoms with Gasteiger partial charge < -0.3 is 5.32 Å². The van der Waals surface area contributed by atoms with Crippen molar-refractivity contribution in [1.82, 2.24) is 19.9 Å². The maximum atomic E-state index is 4.52. The van der Waals surface area contributed by atoms with Crippen LogP contribution in [0.1, 0.15) is 37.4 Å². The minimum atomic E-state index is 0.247. The quantitative estimate of drug-likeness (QED) is 0.874. The van der Waals surface area contributed by atoms with Gasteiger partial charge in [0.1, 0.15) is 11.6 Å². The maximum Gasteiger partial charge on any atom is 0.133 e. The Bertz CT molecular complexity index is 541. The van der Waals surface area contributed by atoms with E-state index >= 15 is 0 Å². The van der Waals surface area contributed by atoms with E-state index in [9.17, 15) is 0 Å². The van der Waals surface area contributed by atoms with E-state index in [1.54, 1.807) is 18.6 Å². The van der Waals surface area contributed by atoms with Gasteiger partial charge in [0.25, 0.3) is 0 Å². The summed E-state index contributed by atoms with van der Waals surface area (Å²) in [6, 6.07) is 0.247. The second-order valence-corrected chi connectivity index (χ2v) is 4.99. The van der Waals surface area contributed by atoms with Crippen molar-refractivity contribution in [3.05, 3.63) is 41.9 Å². The molecule has 106 valence electrons. The lowest BCUT2D eigenvalue weighted by atomic mass is 10.1. The molecule has 2 aromatic heterocycles. The number of aromatic nitrogens is 4. The first-order chi connectivity index (χ1) is 9.69. The summed E-state index contributed by atoms with van der Waals surface area (Å²) in [5.74, 6) is 1.73. The molecule has 0 bridgehead atoms. The maximum absolute atomic E-state index is 4.52. The first kappa shape index (κ1) is 14.4. The Balaban J connectivity index is 2.06. The van der Waals surface area contributed by atoms with Crippen LogP contribution in [0.2, 0.25) is 0 Å².